The molecule has 0 saturated carbocycles. The maximum absolute atomic E-state index is 12.2. The second-order valence-electron chi connectivity index (χ2n) is 6.36. The van der Waals surface area contributed by atoms with Gasteiger partial charge in [-0.1, -0.05) is 0 Å². The van der Waals surface area contributed by atoms with Gasteiger partial charge in [-0.05, 0) is 52.7 Å². The van der Waals surface area contributed by atoms with E-state index in [9.17, 15) is 9.59 Å². The zero-order valence-electron chi connectivity index (χ0n) is 15.2. The number of rotatable bonds is 4. The van der Waals surface area contributed by atoms with Crippen molar-refractivity contribution in [1.29, 1.82) is 0 Å². The van der Waals surface area contributed by atoms with Crippen LogP contribution in [0, 0.1) is 6.92 Å². The highest BCUT2D eigenvalue weighted by Gasteiger charge is 2.13. The van der Waals surface area contributed by atoms with Crippen molar-refractivity contribution in [2.24, 2.45) is 0 Å². The summed E-state index contributed by atoms with van der Waals surface area (Å²) in [4.78, 5) is 23.8. The summed E-state index contributed by atoms with van der Waals surface area (Å²) >= 11 is 3.33. The second kappa shape index (κ2) is 7.16. The van der Waals surface area contributed by atoms with Crippen molar-refractivity contribution in [3.8, 4) is 5.75 Å². The third-order valence-corrected chi connectivity index (χ3v) is 5.38. The molecule has 0 unspecified atom stereocenters. The van der Waals surface area contributed by atoms with E-state index in [1.54, 1.807) is 19.2 Å². The molecule has 28 heavy (non-hydrogen) atoms. The van der Waals surface area contributed by atoms with Gasteiger partial charge in [-0.15, -0.1) is 0 Å². The number of fused-ring (bicyclic) bond motifs is 2. The van der Waals surface area contributed by atoms with Crippen LogP contribution in [-0.2, 0) is 6.54 Å². The van der Waals surface area contributed by atoms with E-state index in [4.69, 9.17) is 13.6 Å². The van der Waals surface area contributed by atoms with E-state index in [0.29, 0.717) is 27.9 Å². The van der Waals surface area contributed by atoms with E-state index in [2.05, 4.69) is 21.2 Å². The van der Waals surface area contributed by atoms with Crippen molar-refractivity contribution < 1.29 is 13.6 Å². The first-order chi connectivity index (χ1) is 13.5. The molecule has 0 aliphatic carbocycles. The summed E-state index contributed by atoms with van der Waals surface area (Å²) in [6, 6.07) is 12.4. The highest BCUT2D eigenvalue weighted by molar-refractivity contribution is 9.10. The number of ether oxygens (including phenoxy) is 1. The monoisotopic (exact) mass is 441 g/mol. The normalized spacial score (nSPS) is 11.1. The van der Waals surface area contributed by atoms with Crippen LogP contribution in [0.2, 0.25) is 0 Å². The van der Waals surface area contributed by atoms with Crippen molar-refractivity contribution in [3.05, 3.63) is 78.9 Å². The van der Waals surface area contributed by atoms with Gasteiger partial charge in [0.1, 0.15) is 21.4 Å². The molecule has 2 aromatic heterocycles. The SMILES string of the molecule is COc1ccc2c(CNc3ccc4c(C)cc(=O)oc4c3)c(Br)c(=O)oc2c1. The summed E-state index contributed by atoms with van der Waals surface area (Å²) in [5.74, 6) is 0.608. The maximum Gasteiger partial charge on any atom is 0.351 e. The van der Waals surface area contributed by atoms with Gasteiger partial charge in [0.15, 0.2) is 0 Å². The zero-order valence-corrected chi connectivity index (χ0v) is 16.8. The molecule has 0 aliphatic rings. The lowest BCUT2D eigenvalue weighted by molar-refractivity contribution is 0.414. The molecule has 2 aromatic carbocycles. The molecule has 0 aliphatic heterocycles. The van der Waals surface area contributed by atoms with E-state index >= 15 is 0 Å². The molecule has 6 nitrogen and oxygen atoms in total. The van der Waals surface area contributed by atoms with Crippen molar-refractivity contribution >= 4 is 43.6 Å². The van der Waals surface area contributed by atoms with E-state index in [0.717, 1.165) is 27.6 Å². The fourth-order valence-electron chi connectivity index (χ4n) is 3.15. The Morgan fingerprint density at radius 1 is 1.00 bits per heavy atom. The first-order valence-electron chi connectivity index (χ1n) is 8.54. The van der Waals surface area contributed by atoms with E-state index in [1.807, 2.05) is 31.2 Å². The molecule has 0 saturated heterocycles. The molecule has 0 amide bonds. The predicted octanol–water partition coefficient (Wildman–Crippen LogP) is 4.59. The first kappa shape index (κ1) is 18.3. The summed E-state index contributed by atoms with van der Waals surface area (Å²) in [5, 5.41) is 4.95. The van der Waals surface area contributed by atoms with Crippen LogP contribution in [-0.4, -0.2) is 7.11 Å². The lowest BCUT2D eigenvalue weighted by Crippen LogP contribution is -2.09. The van der Waals surface area contributed by atoms with Crippen molar-refractivity contribution in [1.82, 2.24) is 0 Å². The van der Waals surface area contributed by atoms with Crippen molar-refractivity contribution in [3.63, 3.8) is 0 Å². The number of hydrogen-bond donors (Lipinski definition) is 1. The second-order valence-corrected chi connectivity index (χ2v) is 7.15. The standard InChI is InChI=1S/C21H16BrNO5/c1-11-7-19(24)27-17-8-12(3-5-14(11)17)23-10-16-15-6-4-13(26-2)9-18(15)28-21(25)20(16)22/h3-9,23H,10H2,1-2H3. The molecule has 0 fully saturated rings. The van der Waals surface area contributed by atoms with Crippen LogP contribution in [0.5, 0.6) is 5.75 Å². The maximum atomic E-state index is 12.2. The van der Waals surface area contributed by atoms with Gasteiger partial charge in [0.25, 0.3) is 0 Å². The lowest BCUT2D eigenvalue weighted by Gasteiger charge is -2.12. The fraction of sp³-hybridized carbons (Fsp3) is 0.143. The smallest absolute Gasteiger partial charge is 0.351 e. The van der Waals surface area contributed by atoms with Gasteiger partial charge in [-0.3, -0.25) is 0 Å². The summed E-state index contributed by atoms with van der Waals surface area (Å²) < 4.78 is 16.2. The summed E-state index contributed by atoms with van der Waals surface area (Å²) in [5.41, 5.74) is 2.51. The summed E-state index contributed by atoms with van der Waals surface area (Å²) in [7, 11) is 1.56. The van der Waals surface area contributed by atoms with E-state index in [1.165, 1.54) is 6.07 Å². The Morgan fingerprint density at radius 3 is 2.54 bits per heavy atom. The topological polar surface area (TPSA) is 81.7 Å². The largest absolute Gasteiger partial charge is 0.497 e. The zero-order chi connectivity index (χ0) is 19.8. The van der Waals surface area contributed by atoms with E-state index < -0.39 is 5.63 Å². The molecule has 142 valence electrons. The average molecular weight is 442 g/mol. The van der Waals surface area contributed by atoms with Crippen molar-refractivity contribution in [2.45, 2.75) is 13.5 Å². The molecule has 0 bridgehead atoms. The molecule has 1 N–H and O–H groups in total. The number of nitrogens with one attached hydrogen (secondary N) is 1. The Balaban J connectivity index is 1.72. The number of halogens is 1. The molecule has 4 aromatic rings. The Bertz CT molecular complexity index is 1320. The van der Waals surface area contributed by atoms with Gasteiger partial charge >= 0.3 is 11.3 Å². The predicted molar refractivity (Wildman–Crippen MR) is 111 cm³/mol. The Hall–Kier alpha value is -3.06. The molecular formula is C21H16BrNO5. The Kier molecular flexibility index (Phi) is 4.68. The fourth-order valence-corrected chi connectivity index (χ4v) is 3.58. The molecule has 7 heteroatoms. The first-order valence-corrected chi connectivity index (χ1v) is 9.33. The number of hydrogen-bond acceptors (Lipinski definition) is 6. The molecule has 0 spiro atoms. The van der Waals surface area contributed by atoms with Crippen LogP contribution in [0.15, 0.2) is 65.4 Å². The van der Waals surface area contributed by atoms with Gasteiger partial charge < -0.3 is 18.9 Å². The number of aryl methyl sites for hydroxylation is 1. The molecular weight excluding hydrogens is 426 g/mol. The number of anilines is 1. The van der Waals surface area contributed by atoms with Gasteiger partial charge in [-0.25, -0.2) is 9.59 Å². The molecule has 2 heterocycles. The van der Waals surface area contributed by atoms with Crippen LogP contribution in [0.25, 0.3) is 21.9 Å². The van der Waals surface area contributed by atoms with Gasteiger partial charge in [0.05, 0.1) is 7.11 Å². The highest BCUT2D eigenvalue weighted by atomic mass is 79.9. The molecule has 4 rings (SSSR count). The van der Waals surface area contributed by atoms with Crippen LogP contribution >= 0.6 is 15.9 Å². The molecule has 0 radical (unpaired) electrons. The summed E-state index contributed by atoms with van der Waals surface area (Å²) in [6.45, 7) is 2.24. The van der Waals surface area contributed by atoms with Gasteiger partial charge in [-0.2, -0.15) is 0 Å². The van der Waals surface area contributed by atoms with Gasteiger partial charge in [0.2, 0.25) is 0 Å². The third kappa shape index (κ3) is 3.29. The van der Waals surface area contributed by atoms with E-state index in [-0.39, 0.29) is 5.63 Å². The minimum Gasteiger partial charge on any atom is -0.497 e. The Morgan fingerprint density at radius 2 is 1.75 bits per heavy atom. The van der Waals surface area contributed by atoms with Crippen LogP contribution in [0.3, 0.4) is 0 Å². The minimum absolute atomic E-state index is 0.362. The quantitative estimate of drug-likeness (QED) is 0.466. The number of methoxy groups -OCH3 is 1. The van der Waals surface area contributed by atoms with Crippen LogP contribution in [0.1, 0.15) is 11.1 Å². The minimum atomic E-state index is -0.460. The molecule has 0 atom stereocenters. The average Bonchev–Trinajstić information content (AvgIpc) is 2.67. The Labute approximate surface area is 167 Å². The highest BCUT2D eigenvalue weighted by Crippen LogP contribution is 2.28. The van der Waals surface area contributed by atoms with Crippen LogP contribution in [0.4, 0.5) is 5.69 Å². The summed E-state index contributed by atoms with van der Waals surface area (Å²) in [6.07, 6.45) is 0. The third-order valence-electron chi connectivity index (χ3n) is 4.58. The lowest BCUT2D eigenvalue weighted by atomic mass is 10.1. The van der Waals surface area contributed by atoms with Crippen molar-refractivity contribution in [2.75, 3.05) is 12.4 Å². The van der Waals surface area contributed by atoms with Gasteiger partial charge in [0, 0.05) is 46.8 Å². The van der Waals surface area contributed by atoms with Crippen LogP contribution < -0.4 is 21.3 Å². The number of benzene rings is 2.